The maximum Gasteiger partial charge on any atom is 0.419 e. The van der Waals surface area contributed by atoms with Crippen LogP contribution in [0.1, 0.15) is 90.5 Å². The zero-order valence-corrected chi connectivity index (χ0v) is 27.7. The van der Waals surface area contributed by atoms with Crippen molar-refractivity contribution in [3.05, 3.63) is 64.7 Å². The summed E-state index contributed by atoms with van der Waals surface area (Å²) in [7, 11) is -1.70. The van der Waals surface area contributed by atoms with Crippen molar-refractivity contribution in [2.75, 3.05) is 19.8 Å². The molecule has 0 aliphatic carbocycles. The van der Waals surface area contributed by atoms with Crippen LogP contribution in [0.4, 0.5) is 13.2 Å². The molecule has 6 nitrogen and oxygen atoms in total. The lowest BCUT2D eigenvalue weighted by molar-refractivity contribution is -0.139. The maximum atomic E-state index is 14.1. The minimum absolute atomic E-state index is 0.150. The molecule has 1 heterocycles. The van der Waals surface area contributed by atoms with Gasteiger partial charge in [0.25, 0.3) is 0 Å². The van der Waals surface area contributed by atoms with Crippen molar-refractivity contribution >= 4 is 14.5 Å². The van der Waals surface area contributed by atoms with Crippen LogP contribution in [0.15, 0.2) is 47.5 Å². The number of alkyl halides is 3. The Morgan fingerprint density at radius 3 is 2.02 bits per heavy atom. The standard InChI is InChI=1S/C33H47F3NO5P/c1-9-25-12-14-26(15-13-25)11-10-20-38-29-17-16-27(21-28(29)33(34,35)36)18-19-32(22-39-24(2)37-32)23-40-43(41-30(3,4)5)42-31(6,7)8/h12-17,21H,9-11,18-20,22-23H2,1-8H3. The smallest absolute Gasteiger partial charge is 0.419 e. The molecule has 1 unspecified atom stereocenters. The van der Waals surface area contributed by atoms with Crippen LogP contribution in [0.5, 0.6) is 5.75 Å². The third kappa shape index (κ3) is 12.0. The van der Waals surface area contributed by atoms with E-state index in [2.05, 4.69) is 31.2 Å². The Balaban J connectivity index is 1.66. The molecule has 2 aromatic rings. The molecule has 10 heteroatoms. The molecule has 0 saturated carbocycles. The van der Waals surface area contributed by atoms with Crippen LogP contribution in [-0.4, -0.2) is 42.5 Å². The van der Waals surface area contributed by atoms with Gasteiger partial charge in [-0.25, -0.2) is 4.99 Å². The number of benzene rings is 2. The average Bonchev–Trinajstić information content (AvgIpc) is 3.28. The monoisotopic (exact) mass is 625 g/mol. The van der Waals surface area contributed by atoms with Crippen molar-refractivity contribution in [2.24, 2.45) is 4.99 Å². The summed E-state index contributed by atoms with van der Waals surface area (Å²) in [6.45, 7) is 16.0. The Morgan fingerprint density at radius 2 is 1.49 bits per heavy atom. The van der Waals surface area contributed by atoms with E-state index in [4.69, 9.17) is 28.0 Å². The minimum Gasteiger partial charge on any atom is -0.493 e. The predicted molar refractivity (Wildman–Crippen MR) is 166 cm³/mol. The van der Waals surface area contributed by atoms with Gasteiger partial charge in [0, 0.05) is 6.92 Å². The molecule has 3 rings (SSSR count). The second-order valence-corrected chi connectivity index (χ2v) is 14.1. The van der Waals surface area contributed by atoms with Gasteiger partial charge in [0.05, 0.1) is 30.0 Å². The number of hydrogen-bond donors (Lipinski definition) is 0. The first-order valence-corrected chi connectivity index (χ1v) is 16.0. The highest BCUT2D eigenvalue weighted by Gasteiger charge is 2.39. The number of ether oxygens (including phenoxy) is 2. The molecule has 240 valence electrons. The predicted octanol–water partition coefficient (Wildman–Crippen LogP) is 9.27. The van der Waals surface area contributed by atoms with Crippen LogP contribution in [0.3, 0.4) is 0 Å². The van der Waals surface area contributed by atoms with Gasteiger partial charge >= 0.3 is 14.8 Å². The van der Waals surface area contributed by atoms with Gasteiger partial charge in [-0.15, -0.1) is 0 Å². The number of halogens is 3. The van der Waals surface area contributed by atoms with Gasteiger partial charge in [-0.2, -0.15) is 13.2 Å². The molecule has 43 heavy (non-hydrogen) atoms. The van der Waals surface area contributed by atoms with Gasteiger partial charge in [-0.05, 0) is 102 Å². The van der Waals surface area contributed by atoms with E-state index in [-0.39, 0.29) is 25.6 Å². The minimum atomic E-state index is -4.54. The lowest BCUT2D eigenvalue weighted by Crippen LogP contribution is -2.35. The molecule has 1 aliphatic heterocycles. The van der Waals surface area contributed by atoms with E-state index in [0.29, 0.717) is 30.7 Å². The first-order valence-electron chi connectivity index (χ1n) is 14.9. The van der Waals surface area contributed by atoms with Crippen molar-refractivity contribution in [2.45, 2.75) is 110 Å². The highest BCUT2D eigenvalue weighted by Crippen LogP contribution is 2.48. The zero-order chi connectivity index (χ0) is 31.9. The number of aryl methyl sites for hydroxylation is 3. The van der Waals surface area contributed by atoms with Crippen LogP contribution in [0, 0.1) is 0 Å². The van der Waals surface area contributed by atoms with Crippen molar-refractivity contribution < 1.29 is 36.2 Å². The van der Waals surface area contributed by atoms with Gasteiger partial charge in [-0.3, -0.25) is 0 Å². The fourth-order valence-electron chi connectivity index (χ4n) is 4.46. The summed E-state index contributed by atoms with van der Waals surface area (Å²) in [5, 5.41) is 0. The molecule has 0 radical (unpaired) electrons. The summed E-state index contributed by atoms with van der Waals surface area (Å²) >= 11 is 0. The van der Waals surface area contributed by atoms with E-state index >= 15 is 0 Å². The molecule has 0 bridgehead atoms. The Kier molecular flexibility index (Phi) is 12.1. The van der Waals surface area contributed by atoms with E-state index in [1.807, 2.05) is 41.5 Å². The number of rotatable bonds is 14. The van der Waals surface area contributed by atoms with E-state index in [0.717, 1.165) is 18.4 Å². The molecule has 0 N–H and O–H groups in total. The van der Waals surface area contributed by atoms with E-state index in [9.17, 15) is 13.2 Å². The molecule has 0 spiro atoms. The molecule has 0 saturated heterocycles. The Labute approximate surface area is 256 Å². The summed E-state index contributed by atoms with van der Waals surface area (Å²) in [5.41, 5.74) is 0.405. The number of hydrogen-bond acceptors (Lipinski definition) is 6. The Bertz CT molecular complexity index is 1190. The number of aliphatic imine (C=N–C) groups is 1. The molecule has 2 aromatic carbocycles. The normalized spacial score (nSPS) is 17.7. The fourth-order valence-corrected chi connectivity index (χ4v) is 5.84. The molecular weight excluding hydrogens is 578 g/mol. The third-order valence-corrected chi connectivity index (χ3v) is 8.34. The molecule has 1 aliphatic rings. The van der Waals surface area contributed by atoms with Crippen LogP contribution in [-0.2, 0) is 43.7 Å². The van der Waals surface area contributed by atoms with Gasteiger partial charge in [0.2, 0.25) is 0 Å². The lowest BCUT2D eigenvalue weighted by Gasteiger charge is -2.32. The largest absolute Gasteiger partial charge is 0.493 e. The van der Waals surface area contributed by atoms with Crippen molar-refractivity contribution in [1.29, 1.82) is 0 Å². The second-order valence-electron chi connectivity index (χ2n) is 13.0. The average molecular weight is 626 g/mol. The van der Waals surface area contributed by atoms with Crippen LogP contribution in [0.25, 0.3) is 0 Å². The summed E-state index contributed by atoms with van der Waals surface area (Å²) in [5.74, 6) is 0.362. The van der Waals surface area contributed by atoms with Crippen LogP contribution in [0.2, 0.25) is 0 Å². The molecular formula is C33H47F3NO5P. The van der Waals surface area contributed by atoms with Gasteiger partial charge in [-0.1, -0.05) is 37.3 Å². The molecule has 0 amide bonds. The van der Waals surface area contributed by atoms with E-state index in [1.165, 1.54) is 17.7 Å². The SMILES string of the molecule is CCc1ccc(CCCOc2ccc(CCC3(COP(OC(C)(C)C)OC(C)(C)C)COC(C)=N3)cc2C(F)(F)F)cc1. The summed E-state index contributed by atoms with van der Waals surface area (Å²) in [6.07, 6.45) is -1.46. The molecule has 0 fully saturated rings. The topological polar surface area (TPSA) is 58.5 Å². The third-order valence-electron chi connectivity index (χ3n) is 6.61. The molecule has 1 atom stereocenters. The summed E-state index contributed by atoms with van der Waals surface area (Å²) in [6, 6.07) is 12.6. The fraction of sp³-hybridized carbons (Fsp3) is 0.606. The van der Waals surface area contributed by atoms with Crippen LogP contribution >= 0.6 is 8.60 Å². The maximum absolute atomic E-state index is 14.1. The van der Waals surface area contributed by atoms with Gasteiger partial charge in [0.15, 0.2) is 5.90 Å². The quantitative estimate of drug-likeness (QED) is 0.155. The summed E-state index contributed by atoms with van der Waals surface area (Å²) < 4.78 is 71.7. The first kappa shape index (κ1) is 35.3. The first-order chi connectivity index (χ1) is 20.0. The Hall–Kier alpha value is -2.19. The zero-order valence-electron chi connectivity index (χ0n) is 26.8. The molecule has 0 aromatic heterocycles. The van der Waals surface area contributed by atoms with E-state index < -0.39 is 37.1 Å². The van der Waals surface area contributed by atoms with Crippen LogP contribution < -0.4 is 4.74 Å². The number of nitrogens with zero attached hydrogens (tertiary/aromatic N) is 1. The highest BCUT2D eigenvalue weighted by molar-refractivity contribution is 7.41. The summed E-state index contributed by atoms with van der Waals surface area (Å²) in [4.78, 5) is 4.69. The van der Waals surface area contributed by atoms with Crippen molar-refractivity contribution in [3.63, 3.8) is 0 Å². The van der Waals surface area contributed by atoms with Gasteiger partial charge < -0.3 is 23.0 Å². The van der Waals surface area contributed by atoms with E-state index in [1.54, 1.807) is 13.0 Å². The van der Waals surface area contributed by atoms with Crippen molar-refractivity contribution in [3.8, 4) is 5.75 Å². The van der Waals surface area contributed by atoms with Gasteiger partial charge in [0.1, 0.15) is 17.9 Å². The van der Waals surface area contributed by atoms with Crippen molar-refractivity contribution in [1.82, 2.24) is 0 Å². The lowest BCUT2D eigenvalue weighted by atomic mass is 9.93. The second kappa shape index (κ2) is 14.7. The highest BCUT2D eigenvalue weighted by atomic mass is 31.2. The Morgan fingerprint density at radius 1 is 0.884 bits per heavy atom.